The van der Waals surface area contributed by atoms with Crippen molar-refractivity contribution in [1.29, 1.82) is 0 Å². The van der Waals surface area contributed by atoms with E-state index in [9.17, 15) is 9.18 Å². The molecule has 0 radical (unpaired) electrons. The van der Waals surface area contributed by atoms with E-state index in [0.29, 0.717) is 40.0 Å². The number of halogens is 2. The molecule has 10 nitrogen and oxygen atoms in total. The summed E-state index contributed by atoms with van der Waals surface area (Å²) in [5, 5.41) is 4.06. The van der Waals surface area contributed by atoms with Gasteiger partial charge in [-0.1, -0.05) is 28.9 Å². The molecular formula is C29H26ClFN6O4. The average molecular weight is 577 g/mol. The van der Waals surface area contributed by atoms with E-state index in [-0.39, 0.29) is 5.92 Å². The predicted octanol–water partition coefficient (Wildman–Crippen LogP) is 5.13. The monoisotopic (exact) mass is 576 g/mol. The van der Waals surface area contributed by atoms with Gasteiger partial charge >= 0.3 is 5.76 Å². The number of ether oxygens (including phenoxy) is 2. The van der Waals surface area contributed by atoms with E-state index in [1.54, 1.807) is 25.3 Å². The van der Waals surface area contributed by atoms with Crippen molar-refractivity contribution in [3.63, 3.8) is 0 Å². The van der Waals surface area contributed by atoms with Gasteiger partial charge in [0.25, 0.3) is 5.79 Å². The Hall–Kier alpha value is -4.22. The third kappa shape index (κ3) is 4.54. The molecule has 5 heterocycles. The zero-order valence-electron chi connectivity index (χ0n) is 22.4. The summed E-state index contributed by atoms with van der Waals surface area (Å²) in [6, 6.07) is 12.2. The van der Waals surface area contributed by atoms with Gasteiger partial charge in [0.15, 0.2) is 23.0 Å². The first-order valence-corrected chi connectivity index (χ1v) is 13.7. The zero-order chi connectivity index (χ0) is 28.3. The lowest BCUT2D eigenvalue weighted by Crippen LogP contribution is -2.34. The molecule has 1 unspecified atom stereocenters. The van der Waals surface area contributed by atoms with Gasteiger partial charge in [-0.25, -0.2) is 19.2 Å². The van der Waals surface area contributed by atoms with Crippen molar-refractivity contribution in [2.24, 2.45) is 7.05 Å². The van der Waals surface area contributed by atoms with Crippen LogP contribution in [-0.4, -0.2) is 42.7 Å². The summed E-state index contributed by atoms with van der Waals surface area (Å²) in [6.07, 6.45) is 3.50. The van der Waals surface area contributed by atoms with Crippen LogP contribution in [0.4, 0.5) is 4.39 Å². The second-order valence-electron chi connectivity index (χ2n) is 10.6. The number of aromatic amines is 1. The Bertz CT molecular complexity index is 1840. The van der Waals surface area contributed by atoms with Crippen molar-refractivity contribution in [3.05, 3.63) is 87.0 Å². The molecule has 0 bridgehead atoms. The minimum Gasteiger partial charge on any atom is -0.444 e. The topological polar surface area (TPSA) is 111 Å². The highest BCUT2D eigenvalue weighted by atomic mass is 35.5. The normalized spacial score (nSPS) is 19.3. The number of pyridine rings is 1. The maximum atomic E-state index is 14.8. The number of hydrogen-bond donors (Lipinski definition) is 1. The minimum atomic E-state index is -1.27. The smallest absolute Gasteiger partial charge is 0.439 e. The summed E-state index contributed by atoms with van der Waals surface area (Å²) >= 11 is 5.96. The number of aromatic nitrogens is 5. The van der Waals surface area contributed by atoms with Gasteiger partial charge in [-0.05, 0) is 62.2 Å². The van der Waals surface area contributed by atoms with Crippen LogP contribution < -0.4 is 15.2 Å². The van der Waals surface area contributed by atoms with Gasteiger partial charge in [0.1, 0.15) is 17.2 Å². The highest BCUT2D eigenvalue weighted by molar-refractivity contribution is 6.30. The molecule has 2 aliphatic heterocycles. The fraction of sp³-hybridized carbons (Fsp3) is 0.310. The molecule has 210 valence electrons. The van der Waals surface area contributed by atoms with Crippen molar-refractivity contribution in [2.75, 3.05) is 13.1 Å². The molecule has 41 heavy (non-hydrogen) atoms. The molecule has 1 atom stereocenters. The third-order valence-electron chi connectivity index (χ3n) is 7.94. The van der Waals surface area contributed by atoms with Gasteiger partial charge in [-0.15, -0.1) is 0 Å². The molecule has 7 rings (SSSR count). The lowest BCUT2D eigenvalue weighted by Gasteiger charge is -2.32. The van der Waals surface area contributed by atoms with Crippen LogP contribution in [0.5, 0.6) is 11.5 Å². The molecule has 3 aromatic heterocycles. The minimum absolute atomic E-state index is 0.275. The number of likely N-dealkylation sites (tertiary alicyclic amines) is 1. The molecule has 0 aliphatic carbocycles. The summed E-state index contributed by atoms with van der Waals surface area (Å²) in [5.74, 6) is 0.422. The van der Waals surface area contributed by atoms with Gasteiger partial charge in [0.2, 0.25) is 0 Å². The molecular weight excluding hydrogens is 551 g/mol. The SMILES string of the molecule is Cn1c(CN2CCC(c3cccc4c3OC(C)(c3ccc(Cl)cc3F)O4)CC2)nc2cc(-c3noc(=O)[nH]3)cnc21. The fourth-order valence-electron chi connectivity index (χ4n) is 5.79. The Morgan fingerprint density at radius 3 is 2.76 bits per heavy atom. The van der Waals surface area contributed by atoms with E-state index in [4.69, 9.17) is 26.1 Å². The second-order valence-corrected chi connectivity index (χ2v) is 11.0. The summed E-state index contributed by atoms with van der Waals surface area (Å²) < 4.78 is 33.8. The molecule has 12 heteroatoms. The largest absolute Gasteiger partial charge is 0.444 e. The molecule has 2 aromatic carbocycles. The van der Waals surface area contributed by atoms with Crippen molar-refractivity contribution < 1.29 is 18.4 Å². The van der Waals surface area contributed by atoms with Crippen LogP contribution in [0.2, 0.25) is 5.02 Å². The number of nitrogens with one attached hydrogen (secondary N) is 1. The molecule has 0 amide bonds. The van der Waals surface area contributed by atoms with E-state index in [1.807, 2.05) is 29.8 Å². The molecule has 2 aliphatic rings. The van der Waals surface area contributed by atoms with Crippen LogP contribution in [0.1, 0.15) is 42.6 Å². The predicted molar refractivity (Wildman–Crippen MR) is 148 cm³/mol. The maximum absolute atomic E-state index is 14.8. The van der Waals surface area contributed by atoms with Gasteiger partial charge in [0, 0.05) is 36.3 Å². The van der Waals surface area contributed by atoms with Crippen molar-refractivity contribution >= 4 is 22.8 Å². The third-order valence-corrected chi connectivity index (χ3v) is 8.17. The fourth-order valence-corrected chi connectivity index (χ4v) is 5.95. The standard InChI is InChI=1S/C29H26ClFN6O4/c1-29(20-7-6-18(30)13-21(20)31)39-23-5-3-4-19(25(23)40-29)16-8-10-37(11-9-16)15-24-33-22-12-17(14-32-27(22)36(24)2)26-34-28(38)41-35-26/h3-7,12-14,16H,8-11,15H2,1-2H3,(H,34,35,38). The number of fused-ring (bicyclic) bond motifs is 2. The first-order chi connectivity index (χ1) is 19.8. The summed E-state index contributed by atoms with van der Waals surface area (Å²) in [6.45, 7) is 4.15. The van der Waals surface area contributed by atoms with E-state index in [2.05, 4.69) is 30.6 Å². The van der Waals surface area contributed by atoms with Crippen LogP contribution >= 0.6 is 11.6 Å². The first kappa shape index (κ1) is 25.7. The summed E-state index contributed by atoms with van der Waals surface area (Å²) in [7, 11) is 1.95. The number of imidazole rings is 1. The Morgan fingerprint density at radius 1 is 1.17 bits per heavy atom. The Kier molecular flexibility index (Phi) is 6.09. The lowest BCUT2D eigenvalue weighted by molar-refractivity contribution is -0.0712. The Morgan fingerprint density at radius 2 is 2.00 bits per heavy atom. The number of rotatable bonds is 5. The molecule has 0 spiro atoms. The van der Waals surface area contributed by atoms with Gasteiger partial charge in [-0.3, -0.25) is 14.4 Å². The number of aryl methyl sites for hydroxylation is 1. The number of nitrogens with zero attached hydrogens (tertiary/aromatic N) is 5. The summed E-state index contributed by atoms with van der Waals surface area (Å²) in [5.41, 5.74) is 3.48. The van der Waals surface area contributed by atoms with Crippen LogP contribution in [-0.2, 0) is 19.4 Å². The van der Waals surface area contributed by atoms with E-state index >= 15 is 0 Å². The van der Waals surface area contributed by atoms with E-state index in [1.165, 1.54) is 6.07 Å². The maximum Gasteiger partial charge on any atom is 0.439 e. The van der Waals surface area contributed by atoms with Crippen LogP contribution in [0.3, 0.4) is 0 Å². The quantitative estimate of drug-likeness (QED) is 0.307. The molecule has 1 N–H and O–H groups in total. The van der Waals surface area contributed by atoms with Crippen molar-refractivity contribution in [3.8, 4) is 22.9 Å². The molecule has 1 fully saturated rings. The lowest BCUT2D eigenvalue weighted by atomic mass is 9.88. The average Bonchev–Trinajstić information content (AvgIpc) is 3.63. The van der Waals surface area contributed by atoms with Crippen LogP contribution in [0.25, 0.3) is 22.6 Å². The van der Waals surface area contributed by atoms with Gasteiger partial charge in [0.05, 0.1) is 12.1 Å². The van der Waals surface area contributed by atoms with Crippen molar-refractivity contribution in [2.45, 2.75) is 38.0 Å². The van der Waals surface area contributed by atoms with Gasteiger partial charge in [-0.2, -0.15) is 0 Å². The van der Waals surface area contributed by atoms with Crippen LogP contribution in [0, 0.1) is 5.82 Å². The second kappa shape index (κ2) is 9.71. The molecule has 0 saturated carbocycles. The summed E-state index contributed by atoms with van der Waals surface area (Å²) in [4.78, 5) is 25.6. The van der Waals surface area contributed by atoms with Gasteiger partial charge < -0.3 is 14.0 Å². The number of benzene rings is 2. The van der Waals surface area contributed by atoms with Crippen molar-refractivity contribution in [1.82, 2.24) is 29.6 Å². The Balaban J connectivity index is 1.06. The number of hydrogen-bond acceptors (Lipinski definition) is 8. The first-order valence-electron chi connectivity index (χ1n) is 13.3. The molecule has 5 aromatic rings. The highest BCUT2D eigenvalue weighted by Gasteiger charge is 2.43. The Labute approximate surface area is 238 Å². The zero-order valence-corrected chi connectivity index (χ0v) is 23.1. The highest BCUT2D eigenvalue weighted by Crippen LogP contribution is 2.49. The number of para-hydroxylation sites is 1. The number of H-pyrrole nitrogens is 1. The van der Waals surface area contributed by atoms with E-state index < -0.39 is 17.4 Å². The molecule has 1 saturated heterocycles. The van der Waals surface area contributed by atoms with E-state index in [0.717, 1.165) is 48.5 Å². The van der Waals surface area contributed by atoms with Crippen LogP contribution in [0.15, 0.2) is 58.0 Å². The number of piperidine rings is 1.